The highest BCUT2D eigenvalue weighted by Gasteiger charge is 2.38. The maximum absolute atomic E-state index is 9.06. The average Bonchev–Trinajstić information content (AvgIpc) is 2.64. The molecule has 24 heavy (non-hydrogen) atoms. The van der Waals surface area contributed by atoms with Crippen molar-refractivity contribution < 1.29 is 10.2 Å². The van der Waals surface area contributed by atoms with E-state index in [1.807, 2.05) is 0 Å². The van der Waals surface area contributed by atoms with Crippen molar-refractivity contribution in [2.75, 3.05) is 13.2 Å². The zero-order chi connectivity index (χ0) is 16.8. The molecule has 2 N–H and O–H groups in total. The highest BCUT2D eigenvalue weighted by atomic mass is 16.3. The van der Waals surface area contributed by atoms with E-state index >= 15 is 0 Å². The number of hydrogen-bond acceptors (Lipinski definition) is 2. The van der Waals surface area contributed by atoms with Gasteiger partial charge in [-0.2, -0.15) is 0 Å². The molecule has 0 radical (unpaired) electrons. The fraction of sp³-hybridized carbons (Fsp3) is 1.00. The number of fused-ring (bicyclic) bond motifs is 1. The highest BCUT2D eigenvalue weighted by Crippen LogP contribution is 2.49. The molecule has 0 amide bonds. The summed E-state index contributed by atoms with van der Waals surface area (Å²) in [7, 11) is 0. The van der Waals surface area contributed by atoms with Gasteiger partial charge < -0.3 is 10.2 Å². The third-order valence-electron chi connectivity index (χ3n) is 7.86. The van der Waals surface area contributed by atoms with Crippen LogP contribution < -0.4 is 0 Å². The van der Waals surface area contributed by atoms with Crippen LogP contribution in [0, 0.1) is 35.5 Å². The van der Waals surface area contributed by atoms with Crippen molar-refractivity contribution in [3.8, 4) is 0 Å². The lowest BCUT2D eigenvalue weighted by Gasteiger charge is -2.45. The summed E-state index contributed by atoms with van der Waals surface area (Å²) in [5.74, 6) is 5.91. The molecule has 0 saturated heterocycles. The molecule has 3 rings (SSSR count). The zero-order valence-electron chi connectivity index (χ0n) is 15.7. The minimum Gasteiger partial charge on any atom is -0.396 e. The molecule has 0 aromatic heterocycles. The second-order valence-corrected chi connectivity index (χ2v) is 9.28. The molecular weight excluding hydrogens is 296 g/mol. The Balaban J connectivity index is 1.40. The van der Waals surface area contributed by atoms with E-state index in [9.17, 15) is 0 Å². The van der Waals surface area contributed by atoms with Crippen molar-refractivity contribution in [3.05, 3.63) is 0 Å². The van der Waals surface area contributed by atoms with Crippen molar-refractivity contribution in [1.29, 1.82) is 0 Å². The zero-order valence-corrected chi connectivity index (χ0v) is 15.7. The molecule has 3 saturated carbocycles. The lowest BCUT2D eigenvalue weighted by molar-refractivity contribution is 0.0562. The van der Waals surface area contributed by atoms with Gasteiger partial charge >= 0.3 is 0 Å². The first-order valence-corrected chi connectivity index (χ1v) is 11.0. The molecule has 2 nitrogen and oxygen atoms in total. The summed E-state index contributed by atoms with van der Waals surface area (Å²) in [5, 5.41) is 18.1. The molecule has 0 heterocycles. The first kappa shape index (κ1) is 18.7. The molecule has 2 heteroatoms. The van der Waals surface area contributed by atoms with E-state index < -0.39 is 0 Å². The summed E-state index contributed by atoms with van der Waals surface area (Å²) in [4.78, 5) is 0. The van der Waals surface area contributed by atoms with Crippen LogP contribution in [0.1, 0.15) is 89.9 Å². The fourth-order valence-electron chi connectivity index (χ4n) is 6.42. The van der Waals surface area contributed by atoms with Crippen molar-refractivity contribution >= 4 is 0 Å². The molecule has 3 aliphatic rings. The van der Waals surface area contributed by atoms with Crippen molar-refractivity contribution in [1.82, 2.24) is 0 Å². The van der Waals surface area contributed by atoms with Gasteiger partial charge in [-0.05, 0) is 106 Å². The number of hydrogen-bond donors (Lipinski definition) is 2. The van der Waals surface area contributed by atoms with E-state index in [0.29, 0.717) is 13.2 Å². The summed E-state index contributed by atoms with van der Waals surface area (Å²) < 4.78 is 0. The van der Waals surface area contributed by atoms with Gasteiger partial charge in [0, 0.05) is 13.2 Å². The molecule has 0 spiro atoms. The van der Waals surface area contributed by atoms with Crippen LogP contribution in [-0.4, -0.2) is 23.4 Å². The van der Waals surface area contributed by atoms with Crippen LogP contribution >= 0.6 is 0 Å². The van der Waals surface area contributed by atoms with Crippen LogP contribution in [0.2, 0.25) is 0 Å². The number of rotatable bonds is 7. The molecule has 4 unspecified atom stereocenters. The first-order valence-electron chi connectivity index (χ1n) is 11.0. The van der Waals surface area contributed by atoms with Gasteiger partial charge in [-0.1, -0.05) is 19.3 Å². The van der Waals surface area contributed by atoms with Gasteiger partial charge in [0.15, 0.2) is 0 Å². The monoisotopic (exact) mass is 336 g/mol. The minimum atomic E-state index is 0.380. The van der Waals surface area contributed by atoms with Crippen molar-refractivity contribution in [2.24, 2.45) is 35.5 Å². The van der Waals surface area contributed by atoms with E-state index in [2.05, 4.69) is 0 Å². The summed E-state index contributed by atoms with van der Waals surface area (Å²) in [6, 6.07) is 0. The fourth-order valence-corrected chi connectivity index (χ4v) is 6.42. The summed E-state index contributed by atoms with van der Waals surface area (Å²) in [6.45, 7) is 0.762. The summed E-state index contributed by atoms with van der Waals surface area (Å²) >= 11 is 0. The van der Waals surface area contributed by atoms with E-state index in [1.54, 1.807) is 0 Å². The first-order chi connectivity index (χ1) is 11.8. The average molecular weight is 337 g/mol. The normalized spacial score (nSPS) is 40.2. The van der Waals surface area contributed by atoms with Crippen LogP contribution in [0.25, 0.3) is 0 Å². The maximum Gasteiger partial charge on any atom is 0.0431 e. The van der Waals surface area contributed by atoms with Crippen LogP contribution in [0.4, 0.5) is 0 Å². The molecule has 3 aliphatic carbocycles. The molecule has 3 fully saturated rings. The van der Waals surface area contributed by atoms with Gasteiger partial charge in [0.05, 0.1) is 0 Å². The largest absolute Gasteiger partial charge is 0.396 e. The van der Waals surface area contributed by atoms with E-state index in [4.69, 9.17) is 10.2 Å². The second-order valence-electron chi connectivity index (χ2n) is 9.28. The van der Waals surface area contributed by atoms with Crippen LogP contribution in [0.3, 0.4) is 0 Å². The highest BCUT2D eigenvalue weighted by molar-refractivity contribution is 4.89. The predicted molar refractivity (Wildman–Crippen MR) is 99.7 cm³/mol. The Bertz CT molecular complexity index is 345. The second kappa shape index (κ2) is 9.57. The van der Waals surface area contributed by atoms with Crippen LogP contribution in [0.5, 0.6) is 0 Å². The van der Waals surface area contributed by atoms with Crippen LogP contribution in [-0.2, 0) is 0 Å². The quantitative estimate of drug-likeness (QED) is 0.673. The Hall–Kier alpha value is -0.0800. The lowest BCUT2D eigenvalue weighted by Crippen LogP contribution is -2.34. The molecule has 140 valence electrons. The smallest absolute Gasteiger partial charge is 0.0431 e. The van der Waals surface area contributed by atoms with Gasteiger partial charge in [0.25, 0.3) is 0 Å². The molecule has 0 bridgehead atoms. The SMILES string of the molecule is OCCCC1CCC(C2CCC3CC(CCCO)CCC3C2)CC1. The third-order valence-corrected chi connectivity index (χ3v) is 7.86. The van der Waals surface area contributed by atoms with Crippen molar-refractivity contribution in [2.45, 2.75) is 89.9 Å². The summed E-state index contributed by atoms with van der Waals surface area (Å²) in [6.07, 6.45) is 19.2. The maximum atomic E-state index is 9.06. The molecular formula is C22H40O2. The lowest BCUT2D eigenvalue weighted by atomic mass is 9.60. The predicted octanol–water partition coefficient (Wildman–Crippen LogP) is 5.17. The molecule has 0 aromatic rings. The Kier molecular flexibility index (Phi) is 7.46. The van der Waals surface area contributed by atoms with E-state index in [0.717, 1.165) is 48.3 Å². The standard InChI is InChI=1S/C22H40O2/c23-13-1-3-17-5-8-19(9-6-17)21-12-11-20-15-18(4-2-14-24)7-10-22(20)16-21/h17-24H,1-16H2. The Morgan fingerprint density at radius 3 is 1.62 bits per heavy atom. The van der Waals surface area contributed by atoms with Gasteiger partial charge in [0.2, 0.25) is 0 Å². The van der Waals surface area contributed by atoms with Gasteiger partial charge in [0.1, 0.15) is 0 Å². The Morgan fingerprint density at radius 2 is 0.958 bits per heavy atom. The van der Waals surface area contributed by atoms with Gasteiger partial charge in [-0.3, -0.25) is 0 Å². The van der Waals surface area contributed by atoms with Gasteiger partial charge in [-0.25, -0.2) is 0 Å². The molecule has 0 aromatic carbocycles. The molecule has 0 aliphatic heterocycles. The summed E-state index contributed by atoms with van der Waals surface area (Å²) in [5.41, 5.74) is 0. The van der Waals surface area contributed by atoms with Crippen LogP contribution in [0.15, 0.2) is 0 Å². The van der Waals surface area contributed by atoms with E-state index in [-0.39, 0.29) is 0 Å². The third kappa shape index (κ3) is 4.97. The van der Waals surface area contributed by atoms with Crippen molar-refractivity contribution in [3.63, 3.8) is 0 Å². The number of aliphatic hydroxyl groups is 2. The molecule has 4 atom stereocenters. The number of aliphatic hydroxyl groups excluding tert-OH is 2. The minimum absolute atomic E-state index is 0.380. The van der Waals surface area contributed by atoms with Gasteiger partial charge in [-0.15, -0.1) is 0 Å². The topological polar surface area (TPSA) is 40.5 Å². The Morgan fingerprint density at radius 1 is 0.500 bits per heavy atom. The Labute approximate surface area is 149 Å². The van der Waals surface area contributed by atoms with E-state index in [1.165, 1.54) is 77.0 Å².